The summed E-state index contributed by atoms with van der Waals surface area (Å²) in [4.78, 5) is 0. The van der Waals surface area contributed by atoms with Gasteiger partial charge in [-0.3, -0.25) is 0 Å². The Balaban J connectivity index is 3.12. The van der Waals surface area contributed by atoms with Gasteiger partial charge >= 0.3 is 0 Å². The van der Waals surface area contributed by atoms with Crippen LogP contribution in [0.3, 0.4) is 0 Å². The van der Waals surface area contributed by atoms with E-state index in [0.717, 1.165) is 0 Å². The van der Waals surface area contributed by atoms with E-state index < -0.39 is 34.8 Å². The van der Waals surface area contributed by atoms with Gasteiger partial charge in [0.05, 0.1) is 0 Å². The highest BCUT2D eigenvalue weighted by molar-refractivity contribution is 7.80. The van der Waals surface area contributed by atoms with Crippen LogP contribution in [0.5, 0.6) is 5.75 Å². The summed E-state index contributed by atoms with van der Waals surface area (Å²) in [6.07, 6.45) is 0. The van der Waals surface area contributed by atoms with Gasteiger partial charge in [0.25, 0.3) is 0 Å². The molecule has 0 radical (unpaired) electrons. The highest BCUT2D eigenvalue weighted by atomic mass is 32.1. The molecule has 1 aromatic carbocycles. The molecule has 0 bridgehead atoms. The molecular weight excluding hydrogens is 263 g/mol. The van der Waals surface area contributed by atoms with Gasteiger partial charge in [0.15, 0.2) is 5.75 Å². The number of rotatable bonds is 4. The third-order valence-electron chi connectivity index (χ3n) is 1.81. The van der Waals surface area contributed by atoms with Crippen LogP contribution in [0.4, 0.5) is 22.0 Å². The topological polar surface area (TPSA) is 9.23 Å². The SMILES string of the molecule is C=C(CS)COc1c(F)c(F)c(F)c(F)c1F. The summed E-state index contributed by atoms with van der Waals surface area (Å²) in [5.41, 5.74) is 0.331. The minimum absolute atomic E-state index is 0.162. The van der Waals surface area contributed by atoms with Gasteiger partial charge in [0, 0.05) is 5.75 Å². The summed E-state index contributed by atoms with van der Waals surface area (Å²) in [7, 11) is 0. The largest absolute Gasteiger partial charge is 0.483 e. The Bertz CT molecular complexity index is 431. The zero-order valence-corrected chi connectivity index (χ0v) is 9.26. The molecule has 0 saturated carbocycles. The van der Waals surface area contributed by atoms with E-state index in [2.05, 4.69) is 23.9 Å². The molecule has 0 spiro atoms. The Morgan fingerprint density at radius 2 is 1.35 bits per heavy atom. The van der Waals surface area contributed by atoms with Crippen LogP contribution in [0, 0.1) is 29.1 Å². The van der Waals surface area contributed by atoms with Crippen molar-refractivity contribution in [2.45, 2.75) is 0 Å². The molecule has 0 aliphatic rings. The minimum Gasteiger partial charge on any atom is -0.483 e. The van der Waals surface area contributed by atoms with Crippen LogP contribution in [-0.4, -0.2) is 12.4 Å². The van der Waals surface area contributed by atoms with E-state index in [1.807, 2.05) is 0 Å². The average Bonchev–Trinajstić information content (AvgIpc) is 2.33. The molecule has 1 rings (SSSR count). The standard InChI is InChI=1S/C10H7F5OS/c1-4(3-17)2-16-10-8(14)6(12)5(11)7(13)9(10)15/h17H,1-3H2. The van der Waals surface area contributed by atoms with Crippen LogP contribution in [0.2, 0.25) is 0 Å². The molecule has 94 valence electrons. The van der Waals surface area contributed by atoms with Gasteiger partial charge in [-0.25, -0.2) is 13.2 Å². The van der Waals surface area contributed by atoms with Crippen molar-refractivity contribution in [2.24, 2.45) is 0 Å². The van der Waals surface area contributed by atoms with Crippen LogP contribution in [0.25, 0.3) is 0 Å². The third-order valence-corrected chi connectivity index (χ3v) is 2.26. The van der Waals surface area contributed by atoms with Crippen molar-refractivity contribution in [3.8, 4) is 5.75 Å². The molecule has 0 fully saturated rings. The number of hydrogen-bond donors (Lipinski definition) is 1. The van der Waals surface area contributed by atoms with Crippen molar-refractivity contribution in [3.05, 3.63) is 41.2 Å². The molecule has 0 unspecified atom stereocenters. The third kappa shape index (κ3) is 2.71. The Hall–Kier alpha value is -1.24. The lowest BCUT2D eigenvalue weighted by atomic mass is 10.2. The molecule has 0 amide bonds. The fraction of sp³-hybridized carbons (Fsp3) is 0.200. The number of ether oxygens (including phenoxy) is 1. The summed E-state index contributed by atoms with van der Waals surface area (Å²) in [6.45, 7) is 3.02. The summed E-state index contributed by atoms with van der Waals surface area (Å²) < 4.78 is 68.7. The van der Waals surface area contributed by atoms with E-state index in [4.69, 9.17) is 0 Å². The zero-order chi connectivity index (χ0) is 13.2. The van der Waals surface area contributed by atoms with Crippen LogP contribution in [0.15, 0.2) is 12.2 Å². The first-order valence-electron chi connectivity index (χ1n) is 4.31. The molecule has 0 atom stereocenters. The highest BCUT2D eigenvalue weighted by Gasteiger charge is 2.26. The van der Waals surface area contributed by atoms with Crippen molar-refractivity contribution in [2.75, 3.05) is 12.4 Å². The van der Waals surface area contributed by atoms with Gasteiger partial charge in [-0.1, -0.05) is 6.58 Å². The quantitative estimate of drug-likeness (QED) is 0.290. The minimum atomic E-state index is -2.22. The number of hydrogen-bond acceptors (Lipinski definition) is 2. The molecular formula is C10H7F5OS. The van der Waals surface area contributed by atoms with Gasteiger partial charge in [0.1, 0.15) is 6.61 Å². The first-order valence-corrected chi connectivity index (χ1v) is 4.95. The Morgan fingerprint density at radius 3 is 1.76 bits per heavy atom. The van der Waals surface area contributed by atoms with E-state index in [9.17, 15) is 22.0 Å². The first-order chi connectivity index (χ1) is 7.90. The molecule has 0 aromatic heterocycles. The van der Waals surface area contributed by atoms with Gasteiger partial charge in [0.2, 0.25) is 29.1 Å². The number of thiol groups is 1. The first kappa shape index (κ1) is 13.8. The summed E-state index contributed by atoms with van der Waals surface area (Å²) >= 11 is 3.80. The van der Waals surface area contributed by atoms with Gasteiger partial charge < -0.3 is 4.74 Å². The maximum absolute atomic E-state index is 13.1. The van der Waals surface area contributed by atoms with Crippen molar-refractivity contribution in [1.82, 2.24) is 0 Å². The van der Waals surface area contributed by atoms with E-state index in [-0.39, 0.29) is 12.4 Å². The summed E-state index contributed by atoms with van der Waals surface area (Å²) in [6, 6.07) is 0. The maximum Gasteiger partial charge on any atom is 0.207 e. The highest BCUT2D eigenvalue weighted by Crippen LogP contribution is 2.29. The van der Waals surface area contributed by atoms with Crippen molar-refractivity contribution in [3.63, 3.8) is 0 Å². The molecule has 0 heterocycles. The Morgan fingerprint density at radius 1 is 0.941 bits per heavy atom. The van der Waals surface area contributed by atoms with E-state index in [1.54, 1.807) is 0 Å². The molecule has 17 heavy (non-hydrogen) atoms. The lowest BCUT2D eigenvalue weighted by molar-refractivity contribution is 0.282. The Labute approximate surface area is 99.3 Å². The normalized spacial score (nSPS) is 10.5. The molecule has 1 nitrogen and oxygen atoms in total. The molecule has 0 aliphatic heterocycles. The van der Waals surface area contributed by atoms with Crippen LogP contribution in [0.1, 0.15) is 0 Å². The van der Waals surface area contributed by atoms with E-state index >= 15 is 0 Å². The van der Waals surface area contributed by atoms with Crippen molar-refractivity contribution in [1.29, 1.82) is 0 Å². The van der Waals surface area contributed by atoms with Crippen LogP contribution in [-0.2, 0) is 0 Å². The van der Waals surface area contributed by atoms with Crippen LogP contribution < -0.4 is 4.74 Å². The Kier molecular flexibility index (Phi) is 4.39. The van der Waals surface area contributed by atoms with Crippen molar-refractivity contribution >= 4 is 12.6 Å². The lowest BCUT2D eigenvalue weighted by Crippen LogP contribution is -2.09. The number of halogens is 5. The predicted octanol–water partition coefficient (Wildman–Crippen LogP) is 3.25. The molecule has 1 aromatic rings. The van der Waals surface area contributed by atoms with Gasteiger partial charge in [-0.2, -0.15) is 21.4 Å². The average molecular weight is 270 g/mol. The van der Waals surface area contributed by atoms with Gasteiger partial charge in [-0.15, -0.1) is 0 Å². The smallest absolute Gasteiger partial charge is 0.207 e. The summed E-state index contributed by atoms with van der Waals surface area (Å²) in [5.74, 6) is -11.5. The van der Waals surface area contributed by atoms with Crippen molar-refractivity contribution < 1.29 is 26.7 Å². The van der Waals surface area contributed by atoms with E-state index in [1.165, 1.54) is 0 Å². The second-order valence-electron chi connectivity index (χ2n) is 3.10. The molecule has 0 saturated heterocycles. The predicted molar refractivity (Wildman–Crippen MR) is 54.7 cm³/mol. The second kappa shape index (κ2) is 5.39. The van der Waals surface area contributed by atoms with Gasteiger partial charge in [-0.05, 0) is 5.57 Å². The van der Waals surface area contributed by atoms with E-state index in [0.29, 0.717) is 5.57 Å². The monoisotopic (exact) mass is 270 g/mol. The maximum atomic E-state index is 13.1. The molecule has 0 N–H and O–H groups in total. The summed E-state index contributed by atoms with van der Waals surface area (Å²) in [5, 5.41) is 0. The number of benzene rings is 1. The molecule has 7 heteroatoms. The fourth-order valence-electron chi connectivity index (χ4n) is 0.931. The lowest BCUT2D eigenvalue weighted by Gasteiger charge is -2.10. The molecule has 0 aliphatic carbocycles. The zero-order valence-electron chi connectivity index (χ0n) is 8.37. The van der Waals surface area contributed by atoms with Crippen LogP contribution >= 0.6 is 12.6 Å². The fourth-order valence-corrected chi connectivity index (χ4v) is 1.02. The second-order valence-corrected chi connectivity index (χ2v) is 3.41.